The van der Waals surface area contributed by atoms with Crippen molar-refractivity contribution in [3.05, 3.63) is 11.6 Å². The van der Waals surface area contributed by atoms with Crippen LogP contribution >= 0.6 is 0 Å². The molecule has 0 aliphatic carbocycles. The van der Waals surface area contributed by atoms with Crippen molar-refractivity contribution in [2.75, 3.05) is 13.6 Å². The Balaban J connectivity index is 2.07. The van der Waals surface area contributed by atoms with Crippen LogP contribution in [0.2, 0.25) is 0 Å². The zero-order valence-electron chi connectivity index (χ0n) is 15.4. The van der Waals surface area contributed by atoms with Gasteiger partial charge < -0.3 is 15.2 Å². The number of hydrogen-bond acceptors (Lipinski definition) is 3. The van der Waals surface area contributed by atoms with Crippen molar-refractivity contribution < 1.29 is 0 Å². The van der Waals surface area contributed by atoms with E-state index in [1.54, 1.807) is 7.05 Å². The fraction of sp³-hybridized carbons (Fsp3) is 0.824. The summed E-state index contributed by atoms with van der Waals surface area (Å²) >= 11 is 0. The topological polar surface area (TPSA) is 67.1 Å². The van der Waals surface area contributed by atoms with E-state index in [1.807, 2.05) is 18.5 Å². The highest BCUT2D eigenvalue weighted by molar-refractivity contribution is 5.79. The molecule has 1 heterocycles. The summed E-state index contributed by atoms with van der Waals surface area (Å²) in [5.41, 5.74) is 0. The van der Waals surface area contributed by atoms with E-state index < -0.39 is 0 Å². The van der Waals surface area contributed by atoms with Crippen LogP contribution < -0.4 is 10.6 Å². The quantitative estimate of drug-likeness (QED) is 0.373. The minimum atomic E-state index is 0.633. The highest BCUT2D eigenvalue weighted by Gasteiger charge is 2.05. The predicted molar refractivity (Wildman–Crippen MR) is 96.6 cm³/mol. The van der Waals surface area contributed by atoms with E-state index >= 15 is 0 Å². The van der Waals surface area contributed by atoms with Crippen LogP contribution in [0.25, 0.3) is 0 Å². The lowest BCUT2D eigenvalue weighted by atomic mass is 10.1. The van der Waals surface area contributed by atoms with Gasteiger partial charge in [-0.3, -0.25) is 4.99 Å². The SMILES string of the molecule is CCCCCCCCCCNC(=NC)NCc1nnc(C)n1C. The van der Waals surface area contributed by atoms with E-state index in [4.69, 9.17) is 0 Å². The molecule has 2 N–H and O–H groups in total. The fourth-order valence-corrected chi connectivity index (χ4v) is 2.45. The molecular weight excluding hydrogens is 288 g/mol. The Morgan fingerprint density at radius 2 is 1.65 bits per heavy atom. The van der Waals surface area contributed by atoms with Crippen molar-refractivity contribution in [1.82, 2.24) is 25.4 Å². The molecule has 1 aromatic heterocycles. The summed E-state index contributed by atoms with van der Waals surface area (Å²) in [5.74, 6) is 2.66. The van der Waals surface area contributed by atoms with Crippen LogP contribution in [0.1, 0.15) is 69.9 Å². The number of nitrogens with one attached hydrogen (secondary N) is 2. The predicted octanol–water partition coefficient (Wildman–Crippen LogP) is 2.93. The molecule has 0 spiro atoms. The first kappa shape index (κ1) is 19.5. The molecule has 0 amide bonds. The first-order valence-electron chi connectivity index (χ1n) is 8.98. The molecule has 1 aromatic rings. The van der Waals surface area contributed by atoms with Gasteiger partial charge in [0.2, 0.25) is 0 Å². The molecule has 0 bridgehead atoms. The van der Waals surface area contributed by atoms with Crippen molar-refractivity contribution in [2.45, 2.75) is 71.8 Å². The molecule has 132 valence electrons. The van der Waals surface area contributed by atoms with E-state index in [0.29, 0.717) is 6.54 Å². The normalized spacial score (nSPS) is 11.7. The van der Waals surface area contributed by atoms with Crippen molar-refractivity contribution in [2.24, 2.45) is 12.0 Å². The van der Waals surface area contributed by atoms with E-state index in [0.717, 1.165) is 24.2 Å². The van der Waals surface area contributed by atoms with E-state index in [-0.39, 0.29) is 0 Å². The minimum absolute atomic E-state index is 0.633. The molecule has 0 radical (unpaired) electrons. The molecule has 6 heteroatoms. The molecule has 1 rings (SSSR count). The lowest BCUT2D eigenvalue weighted by Crippen LogP contribution is -2.37. The third-order valence-electron chi connectivity index (χ3n) is 4.14. The minimum Gasteiger partial charge on any atom is -0.356 e. The number of rotatable bonds is 11. The van der Waals surface area contributed by atoms with Gasteiger partial charge >= 0.3 is 0 Å². The number of hydrogen-bond donors (Lipinski definition) is 2. The van der Waals surface area contributed by atoms with Gasteiger partial charge in [0.05, 0.1) is 6.54 Å². The van der Waals surface area contributed by atoms with Crippen LogP contribution in [0.15, 0.2) is 4.99 Å². The number of unbranched alkanes of at least 4 members (excludes halogenated alkanes) is 7. The second kappa shape index (κ2) is 11.9. The lowest BCUT2D eigenvalue weighted by Gasteiger charge is -2.11. The third-order valence-corrected chi connectivity index (χ3v) is 4.14. The Kier molecular flexibility index (Phi) is 10.1. The number of aliphatic imine (C=N–C) groups is 1. The van der Waals surface area contributed by atoms with E-state index in [1.165, 1.54) is 51.4 Å². The van der Waals surface area contributed by atoms with Gasteiger partial charge in [-0.05, 0) is 13.3 Å². The Morgan fingerprint density at radius 3 is 2.22 bits per heavy atom. The smallest absolute Gasteiger partial charge is 0.191 e. The van der Waals surface area contributed by atoms with Gasteiger partial charge in [-0.1, -0.05) is 51.9 Å². The second-order valence-electron chi connectivity index (χ2n) is 6.05. The zero-order valence-corrected chi connectivity index (χ0v) is 15.4. The molecule has 0 unspecified atom stereocenters. The van der Waals surface area contributed by atoms with Crippen molar-refractivity contribution in [3.8, 4) is 0 Å². The molecule has 0 atom stereocenters. The van der Waals surface area contributed by atoms with Crippen LogP contribution in [0.5, 0.6) is 0 Å². The molecule has 23 heavy (non-hydrogen) atoms. The maximum absolute atomic E-state index is 4.24. The van der Waals surface area contributed by atoms with Crippen molar-refractivity contribution in [1.29, 1.82) is 0 Å². The maximum atomic E-state index is 4.24. The van der Waals surface area contributed by atoms with Gasteiger partial charge in [0.15, 0.2) is 11.8 Å². The van der Waals surface area contributed by atoms with Gasteiger partial charge in [-0.2, -0.15) is 0 Å². The Hall–Kier alpha value is -1.59. The maximum Gasteiger partial charge on any atom is 0.191 e. The molecule has 0 aliphatic heterocycles. The van der Waals surface area contributed by atoms with Crippen LogP contribution in [-0.2, 0) is 13.6 Å². The number of aryl methyl sites for hydroxylation is 1. The summed E-state index contributed by atoms with van der Waals surface area (Å²) in [6, 6.07) is 0. The molecule has 0 fully saturated rings. The third kappa shape index (κ3) is 8.00. The fourth-order valence-electron chi connectivity index (χ4n) is 2.45. The average Bonchev–Trinajstić information content (AvgIpc) is 2.88. The molecule has 0 saturated carbocycles. The summed E-state index contributed by atoms with van der Waals surface area (Å²) in [4.78, 5) is 4.24. The first-order valence-corrected chi connectivity index (χ1v) is 8.98. The molecule has 0 aromatic carbocycles. The van der Waals surface area contributed by atoms with Gasteiger partial charge in [0, 0.05) is 20.6 Å². The van der Waals surface area contributed by atoms with Gasteiger partial charge in [-0.25, -0.2) is 0 Å². The van der Waals surface area contributed by atoms with Crippen molar-refractivity contribution in [3.63, 3.8) is 0 Å². The Morgan fingerprint density at radius 1 is 1.00 bits per heavy atom. The number of aromatic nitrogens is 3. The number of nitrogens with zero attached hydrogens (tertiary/aromatic N) is 4. The lowest BCUT2D eigenvalue weighted by molar-refractivity contribution is 0.571. The van der Waals surface area contributed by atoms with Gasteiger partial charge in [-0.15, -0.1) is 10.2 Å². The standard InChI is InChI=1S/C17H34N6/c1-5-6-7-8-9-10-11-12-13-19-17(18-3)20-14-16-22-21-15(2)23(16)4/h5-14H2,1-4H3,(H2,18,19,20). The van der Waals surface area contributed by atoms with Crippen LogP contribution in [0.3, 0.4) is 0 Å². The van der Waals surface area contributed by atoms with E-state index in [9.17, 15) is 0 Å². The number of guanidine groups is 1. The summed E-state index contributed by atoms with van der Waals surface area (Å²) < 4.78 is 1.98. The highest BCUT2D eigenvalue weighted by Crippen LogP contribution is 2.07. The summed E-state index contributed by atoms with van der Waals surface area (Å²) in [5, 5.41) is 14.8. The zero-order chi connectivity index (χ0) is 16.9. The summed E-state index contributed by atoms with van der Waals surface area (Å²) in [6.07, 6.45) is 10.7. The Bertz CT molecular complexity index is 452. The first-order chi connectivity index (χ1) is 11.2. The molecule has 6 nitrogen and oxygen atoms in total. The Labute approximate surface area is 141 Å². The molecular formula is C17H34N6. The second-order valence-corrected chi connectivity index (χ2v) is 6.05. The van der Waals surface area contributed by atoms with Crippen LogP contribution in [-0.4, -0.2) is 34.3 Å². The summed E-state index contributed by atoms with van der Waals surface area (Å²) in [7, 11) is 3.77. The average molecular weight is 323 g/mol. The van der Waals surface area contributed by atoms with Gasteiger partial charge in [0.1, 0.15) is 5.82 Å². The molecule has 0 saturated heterocycles. The highest BCUT2D eigenvalue weighted by atomic mass is 15.3. The molecule has 0 aliphatic rings. The van der Waals surface area contributed by atoms with E-state index in [2.05, 4.69) is 32.7 Å². The van der Waals surface area contributed by atoms with Gasteiger partial charge in [0.25, 0.3) is 0 Å². The van der Waals surface area contributed by atoms with Crippen LogP contribution in [0.4, 0.5) is 0 Å². The van der Waals surface area contributed by atoms with Crippen LogP contribution in [0, 0.1) is 6.92 Å². The summed E-state index contributed by atoms with van der Waals surface area (Å²) in [6.45, 7) is 5.81. The monoisotopic (exact) mass is 322 g/mol. The van der Waals surface area contributed by atoms with Crippen molar-refractivity contribution >= 4 is 5.96 Å². The largest absolute Gasteiger partial charge is 0.356 e.